The SMILES string of the molecule is Cc1nnsc1C(=O)N1CCC(N2CCOC2=O)CC1. The maximum atomic E-state index is 12.3. The topological polar surface area (TPSA) is 75.6 Å². The van der Waals surface area contributed by atoms with Crippen LogP contribution in [0.25, 0.3) is 0 Å². The summed E-state index contributed by atoms with van der Waals surface area (Å²) >= 11 is 1.14. The monoisotopic (exact) mass is 296 g/mol. The van der Waals surface area contributed by atoms with Crippen LogP contribution in [0.3, 0.4) is 0 Å². The first-order chi connectivity index (χ1) is 9.66. The lowest BCUT2D eigenvalue weighted by molar-refractivity contribution is 0.0662. The second kappa shape index (κ2) is 5.35. The molecule has 0 aromatic carbocycles. The number of rotatable bonds is 2. The highest BCUT2D eigenvalue weighted by atomic mass is 32.1. The molecule has 3 rings (SSSR count). The number of cyclic esters (lactones) is 1. The van der Waals surface area contributed by atoms with E-state index in [9.17, 15) is 9.59 Å². The molecule has 0 unspecified atom stereocenters. The van der Waals surface area contributed by atoms with E-state index in [4.69, 9.17) is 4.74 Å². The van der Waals surface area contributed by atoms with Crippen molar-refractivity contribution in [2.24, 2.45) is 0 Å². The van der Waals surface area contributed by atoms with E-state index in [0.29, 0.717) is 36.8 Å². The summed E-state index contributed by atoms with van der Waals surface area (Å²) in [6, 6.07) is 0.190. The van der Waals surface area contributed by atoms with E-state index >= 15 is 0 Å². The summed E-state index contributed by atoms with van der Waals surface area (Å²) in [6.07, 6.45) is 1.37. The zero-order valence-electron chi connectivity index (χ0n) is 11.2. The number of likely N-dealkylation sites (tertiary alicyclic amines) is 1. The van der Waals surface area contributed by atoms with Crippen molar-refractivity contribution in [1.82, 2.24) is 19.4 Å². The van der Waals surface area contributed by atoms with Crippen LogP contribution in [-0.2, 0) is 4.74 Å². The summed E-state index contributed by atoms with van der Waals surface area (Å²) in [6.45, 7) is 4.25. The van der Waals surface area contributed by atoms with Crippen LogP contribution in [0.2, 0.25) is 0 Å². The van der Waals surface area contributed by atoms with Gasteiger partial charge in [0, 0.05) is 19.1 Å². The second-order valence-electron chi connectivity index (χ2n) is 5.02. The van der Waals surface area contributed by atoms with Crippen LogP contribution < -0.4 is 0 Å². The molecule has 20 heavy (non-hydrogen) atoms. The van der Waals surface area contributed by atoms with Crippen molar-refractivity contribution >= 4 is 23.5 Å². The third-order valence-electron chi connectivity index (χ3n) is 3.83. The molecule has 7 nitrogen and oxygen atoms in total. The smallest absolute Gasteiger partial charge is 0.410 e. The van der Waals surface area contributed by atoms with Crippen LogP contribution in [0.4, 0.5) is 4.79 Å². The largest absolute Gasteiger partial charge is 0.448 e. The molecule has 0 spiro atoms. The minimum Gasteiger partial charge on any atom is -0.448 e. The van der Waals surface area contributed by atoms with Crippen LogP contribution in [0.5, 0.6) is 0 Å². The molecule has 2 fully saturated rings. The maximum Gasteiger partial charge on any atom is 0.410 e. The minimum absolute atomic E-state index is 0.0000477. The molecule has 2 aliphatic rings. The van der Waals surface area contributed by atoms with Gasteiger partial charge in [0.15, 0.2) is 0 Å². The standard InChI is InChI=1S/C12H16N4O3S/c1-8-10(20-14-13-8)11(17)15-4-2-9(3-5-15)16-6-7-19-12(16)18/h9H,2-7H2,1H3. The van der Waals surface area contributed by atoms with Gasteiger partial charge in [-0.3, -0.25) is 4.79 Å². The van der Waals surface area contributed by atoms with Crippen LogP contribution in [0.1, 0.15) is 28.2 Å². The second-order valence-corrected chi connectivity index (χ2v) is 5.77. The molecule has 2 amide bonds. The van der Waals surface area contributed by atoms with Crippen molar-refractivity contribution in [2.45, 2.75) is 25.8 Å². The molecule has 0 aliphatic carbocycles. The number of nitrogens with zero attached hydrogens (tertiary/aromatic N) is 4. The number of amides is 2. The van der Waals surface area contributed by atoms with E-state index in [1.165, 1.54) is 0 Å². The zero-order chi connectivity index (χ0) is 14.1. The minimum atomic E-state index is -0.225. The molecule has 1 aromatic rings. The van der Waals surface area contributed by atoms with E-state index < -0.39 is 0 Å². The van der Waals surface area contributed by atoms with Gasteiger partial charge < -0.3 is 14.5 Å². The fraction of sp³-hybridized carbons (Fsp3) is 0.667. The molecule has 0 radical (unpaired) electrons. The summed E-state index contributed by atoms with van der Waals surface area (Å²) in [4.78, 5) is 28.1. The average molecular weight is 296 g/mol. The molecule has 0 atom stereocenters. The maximum absolute atomic E-state index is 12.3. The van der Waals surface area contributed by atoms with Crippen LogP contribution in [0, 0.1) is 6.92 Å². The lowest BCUT2D eigenvalue weighted by atomic mass is 10.0. The Balaban J connectivity index is 1.60. The van der Waals surface area contributed by atoms with Gasteiger partial charge in [-0.2, -0.15) is 0 Å². The molecule has 2 aliphatic heterocycles. The Hall–Kier alpha value is -1.70. The number of aromatic nitrogens is 2. The molecule has 2 saturated heterocycles. The predicted octanol–water partition coefficient (Wildman–Crippen LogP) is 0.903. The van der Waals surface area contributed by atoms with Gasteiger partial charge in [-0.05, 0) is 31.3 Å². The van der Waals surface area contributed by atoms with Gasteiger partial charge in [0.25, 0.3) is 5.91 Å². The van der Waals surface area contributed by atoms with Crippen LogP contribution in [0.15, 0.2) is 0 Å². The van der Waals surface area contributed by atoms with E-state index in [0.717, 1.165) is 24.4 Å². The molecule has 3 heterocycles. The number of piperidine rings is 1. The molecule has 0 bridgehead atoms. The molecule has 8 heteroatoms. The van der Waals surface area contributed by atoms with Gasteiger partial charge in [0.1, 0.15) is 11.5 Å². The van der Waals surface area contributed by atoms with Crippen LogP contribution in [-0.4, -0.2) is 63.7 Å². The highest BCUT2D eigenvalue weighted by Crippen LogP contribution is 2.22. The quantitative estimate of drug-likeness (QED) is 0.810. The molecular weight excluding hydrogens is 280 g/mol. The lowest BCUT2D eigenvalue weighted by Gasteiger charge is -2.35. The molecule has 0 N–H and O–H groups in total. The fourth-order valence-electron chi connectivity index (χ4n) is 2.69. The van der Waals surface area contributed by atoms with E-state index in [1.807, 2.05) is 4.90 Å². The number of hydrogen-bond acceptors (Lipinski definition) is 6. The summed E-state index contributed by atoms with van der Waals surface area (Å²) in [5.41, 5.74) is 0.685. The fourth-order valence-corrected chi connectivity index (χ4v) is 3.31. The average Bonchev–Trinajstić information content (AvgIpc) is 3.07. The van der Waals surface area contributed by atoms with Gasteiger partial charge in [0.05, 0.1) is 12.2 Å². The van der Waals surface area contributed by atoms with Gasteiger partial charge >= 0.3 is 6.09 Å². The number of ether oxygens (including phenoxy) is 1. The van der Waals surface area contributed by atoms with Crippen molar-refractivity contribution in [3.63, 3.8) is 0 Å². The zero-order valence-corrected chi connectivity index (χ0v) is 12.1. The lowest BCUT2D eigenvalue weighted by Crippen LogP contribution is -2.47. The molecule has 108 valence electrons. The van der Waals surface area contributed by atoms with Crippen molar-refractivity contribution in [1.29, 1.82) is 0 Å². The first-order valence-electron chi connectivity index (χ1n) is 6.68. The first kappa shape index (κ1) is 13.3. The van der Waals surface area contributed by atoms with Gasteiger partial charge in [-0.25, -0.2) is 4.79 Å². The van der Waals surface area contributed by atoms with Gasteiger partial charge in [-0.15, -0.1) is 5.10 Å². The van der Waals surface area contributed by atoms with Crippen molar-refractivity contribution < 1.29 is 14.3 Å². The van der Waals surface area contributed by atoms with E-state index in [2.05, 4.69) is 9.59 Å². The Labute approximate surface area is 120 Å². The summed E-state index contributed by atoms with van der Waals surface area (Å²) < 4.78 is 8.76. The number of aryl methyl sites for hydroxylation is 1. The highest BCUT2D eigenvalue weighted by molar-refractivity contribution is 7.07. The third-order valence-corrected chi connectivity index (χ3v) is 4.65. The van der Waals surface area contributed by atoms with Crippen molar-refractivity contribution in [2.75, 3.05) is 26.2 Å². The summed E-state index contributed by atoms with van der Waals surface area (Å²) in [7, 11) is 0. The van der Waals surface area contributed by atoms with Gasteiger partial charge in [0.2, 0.25) is 0 Å². The Morgan fingerprint density at radius 1 is 1.35 bits per heavy atom. The van der Waals surface area contributed by atoms with E-state index in [1.54, 1.807) is 11.8 Å². The number of carbonyl (C=O) groups excluding carboxylic acids is 2. The summed E-state index contributed by atoms with van der Waals surface area (Å²) in [5.74, 6) is -0.0000477. The highest BCUT2D eigenvalue weighted by Gasteiger charge is 2.34. The Bertz CT molecular complexity index is 525. The molecule has 1 aromatic heterocycles. The number of carbonyl (C=O) groups is 2. The Morgan fingerprint density at radius 2 is 2.10 bits per heavy atom. The third kappa shape index (κ3) is 2.35. The van der Waals surface area contributed by atoms with Crippen molar-refractivity contribution in [3.05, 3.63) is 10.6 Å². The first-order valence-corrected chi connectivity index (χ1v) is 7.46. The molecule has 0 saturated carbocycles. The number of hydrogen-bond donors (Lipinski definition) is 0. The normalized spacial score (nSPS) is 20.4. The summed E-state index contributed by atoms with van der Waals surface area (Å²) in [5, 5.41) is 3.87. The van der Waals surface area contributed by atoms with Crippen LogP contribution >= 0.6 is 11.5 Å². The van der Waals surface area contributed by atoms with Gasteiger partial charge in [-0.1, -0.05) is 4.49 Å². The van der Waals surface area contributed by atoms with Crippen molar-refractivity contribution in [3.8, 4) is 0 Å². The van der Waals surface area contributed by atoms with E-state index in [-0.39, 0.29) is 18.0 Å². The predicted molar refractivity (Wildman–Crippen MR) is 71.6 cm³/mol. The molecular formula is C12H16N4O3S. The Kier molecular flexibility index (Phi) is 3.56. The Morgan fingerprint density at radius 3 is 2.65 bits per heavy atom.